The lowest BCUT2D eigenvalue weighted by molar-refractivity contribution is 0.205. The van der Waals surface area contributed by atoms with E-state index in [4.69, 9.17) is 10.5 Å². The van der Waals surface area contributed by atoms with Gasteiger partial charge in [-0.05, 0) is 19.1 Å². The molecule has 0 aromatic heterocycles. The van der Waals surface area contributed by atoms with Gasteiger partial charge in [0.15, 0.2) is 11.6 Å². The second-order valence-corrected chi connectivity index (χ2v) is 3.41. The largest absolute Gasteiger partial charge is 0.399 e. The van der Waals surface area contributed by atoms with E-state index in [-0.39, 0.29) is 11.4 Å². The molecule has 0 radical (unpaired) electrons. The number of nitrogens with zero attached hydrogens (tertiary/aromatic N) is 1. The van der Waals surface area contributed by atoms with E-state index in [0.29, 0.717) is 19.7 Å². The van der Waals surface area contributed by atoms with Gasteiger partial charge in [0, 0.05) is 25.9 Å². The van der Waals surface area contributed by atoms with Crippen LogP contribution < -0.4 is 10.6 Å². The number of hydrogen-bond donors (Lipinski definition) is 1. The van der Waals surface area contributed by atoms with Gasteiger partial charge in [0.05, 0.1) is 6.61 Å². The van der Waals surface area contributed by atoms with Gasteiger partial charge in [0.25, 0.3) is 0 Å². The zero-order valence-electron chi connectivity index (χ0n) is 9.46. The SMILES string of the molecule is CCN(CCOC)c1c(F)cc(N)cc1F. The highest BCUT2D eigenvalue weighted by Gasteiger charge is 2.16. The fourth-order valence-electron chi connectivity index (χ4n) is 1.52. The average molecular weight is 230 g/mol. The second-order valence-electron chi connectivity index (χ2n) is 3.41. The van der Waals surface area contributed by atoms with E-state index < -0.39 is 11.6 Å². The minimum atomic E-state index is -0.643. The molecule has 3 nitrogen and oxygen atoms in total. The molecule has 0 aliphatic carbocycles. The lowest BCUT2D eigenvalue weighted by atomic mass is 10.2. The van der Waals surface area contributed by atoms with Gasteiger partial charge < -0.3 is 15.4 Å². The molecular formula is C11H16F2N2O. The highest BCUT2D eigenvalue weighted by atomic mass is 19.1. The molecule has 1 aromatic rings. The van der Waals surface area contributed by atoms with Crippen molar-refractivity contribution in [3.05, 3.63) is 23.8 Å². The second kappa shape index (κ2) is 5.65. The van der Waals surface area contributed by atoms with E-state index in [2.05, 4.69) is 0 Å². The van der Waals surface area contributed by atoms with Gasteiger partial charge in [-0.15, -0.1) is 0 Å². The number of nitrogen functional groups attached to an aromatic ring is 1. The van der Waals surface area contributed by atoms with Gasteiger partial charge in [-0.25, -0.2) is 8.78 Å². The molecule has 2 N–H and O–H groups in total. The summed E-state index contributed by atoms with van der Waals surface area (Å²) in [6.45, 7) is 3.17. The van der Waals surface area contributed by atoms with Crippen molar-refractivity contribution in [1.82, 2.24) is 0 Å². The molecule has 1 aromatic carbocycles. The molecule has 5 heteroatoms. The summed E-state index contributed by atoms with van der Waals surface area (Å²) < 4.78 is 32.0. The molecule has 0 spiro atoms. The number of nitrogens with two attached hydrogens (primary N) is 1. The lowest BCUT2D eigenvalue weighted by Crippen LogP contribution is -2.28. The minimum absolute atomic E-state index is 0.0475. The molecule has 0 aliphatic heterocycles. The minimum Gasteiger partial charge on any atom is -0.399 e. The van der Waals surface area contributed by atoms with Crippen LogP contribution in [0.2, 0.25) is 0 Å². The maximum absolute atomic E-state index is 13.6. The number of methoxy groups -OCH3 is 1. The van der Waals surface area contributed by atoms with Gasteiger partial charge in [0.2, 0.25) is 0 Å². The van der Waals surface area contributed by atoms with Crippen LogP contribution in [0.15, 0.2) is 12.1 Å². The summed E-state index contributed by atoms with van der Waals surface area (Å²) in [6.07, 6.45) is 0. The van der Waals surface area contributed by atoms with Crippen LogP contribution in [0.25, 0.3) is 0 Å². The highest BCUT2D eigenvalue weighted by molar-refractivity contribution is 5.55. The summed E-state index contributed by atoms with van der Waals surface area (Å²) in [5, 5.41) is 0. The molecule has 0 aliphatic rings. The molecule has 0 atom stereocenters. The number of hydrogen-bond acceptors (Lipinski definition) is 3. The molecule has 0 unspecified atom stereocenters. The van der Waals surface area contributed by atoms with Crippen molar-refractivity contribution in [3.8, 4) is 0 Å². The molecule has 0 bridgehead atoms. The fourth-order valence-corrected chi connectivity index (χ4v) is 1.52. The quantitative estimate of drug-likeness (QED) is 0.786. The molecule has 90 valence electrons. The summed E-state index contributed by atoms with van der Waals surface area (Å²) in [4.78, 5) is 1.58. The summed E-state index contributed by atoms with van der Waals surface area (Å²) in [6, 6.07) is 2.24. The Morgan fingerprint density at radius 3 is 2.31 bits per heavy atom. The van der Waals surface area contributed by atoms with E-state index in [1.807, 2.05) is 6.92 Å². The van der Waals surface area contributed by atoms with Gasteiger partial charge in [-0.3, -0.25) is 0 Å². The van der Waals surface area contributed by atoms with E-state index >= 15 is 0 Å². The first kappa shape index (κ1) is 12.7. The molecule has 1 rings (SSSR count). The Morgan fingerprint density at radius 1 is 1.31 bits per heavy atom. The molecule has 0 amide bonds. The molecule has 16 heavy (non-hydrogen) atoms. The van der Waals surface area contributed by atoms with Gasteiger partial charge in [-0.1, -0.05) is 0 Å². The van der Waals surface area contributed by atoms with E-state index in [1.54, 1.807) is 12.0 Å². The highest BCUT2D eigenvalue weighted by Crippen LogP contribution is 2.25. The van der Waals surface area contributed by atoms with Gasteiger partial charge in [-0.2, -0.15) is 0 Å². The summed E-state index contributed by atoms with van der Waals surface area (Å²) in [7, 11) is 1.55. The Hall–Kier alpha value is -1.36. The summed E-state index contributed by atoms with van der Waals surface area (Å²) in [5.74, 6) is -1.29. The maximum Gasteiger partial charge on any atom is 0.151 e. The molecule has 0 heterocycles. The Morgan fingerprint density at radius 2 is 1.88 bits per heavy atom. The van der Waals surface area contributed by atoms with Crippen LogP contribution in [-0.4, -0.2) is 26.8 Å². The van der Waals surface area contributed by atoms with E-state index in [0.717, 1.165) is 12.1 Å². The van der Waals surface area contributed by atoms with Crippen LogP contribution in [-0.2, 0) is 4.74 Å². The zero-order chi connectivity index (χ0) is 12.1. The Kier molecular flexibility index (Phi) is 4.49. The topological polar surface area (TPSA) is 38.5 Å². The number of ether oxygens (including phenoxy) is 1. The Balaban J connectivity index is 2.99. The maximum atomic E-state index is 13.6. The van der Waals surface area contributed by atoms with Crippen molar-refractivity contribution in [2.75, 3.05) is 37.4 Å². The van der Waals surface area contributed by atoms with Gasteiger partial charge >= 0.3 is 0 Å². The normalized spacial score (nSPS) is 10.5. The fraction of sp³-hybridized carbons (Fsp3) is 0.455. The molecule has 0 saturated carbocycles. The smallest absolute Gasteiger partial charge is 0.151 e. The first-order valence-electron chi connectivity index (χ1n) is 5.08. The van der Waals surface area contributed by atoms with Gasteiger partial charge in [0.1, 0.15) is 5.69 Å². The van der Waals surface area contributed by atoms with Crippen molar-refractivity contribution >= 4 is 11.4 Å². The van der Waals surface area contributed by atoms with Crippen molar-refractivity contribution < 1.29 is 13.5 Å². The predicted molar refractivity (Wildman–Crippen MR) is 60.5 cm³/mol. The van der Waals surface area contributed by atoms with Crippen LogP contribution in [0, 0.1) is 11.6 Å². The van der Waals surface area contributed by atoms with Crippen molar-refractivity contribution in [3.63, 3.8) is 0 Å². The van der Waals surface area contributed by atoms with Crippen LogP contribution in [0.3, 0.4) is 0 Å². The van der Waals surface area contributed by atoms with Crippen molar-refractivity contribution in [2.45, 2.75) is 6.92 Å². The first-order valence-corrected chi connectivity index (χ1v) is 5.08. The third-order valence-corrected chi connectivity index (χ3v) is 2.30. The monoisotopic (exact) mass is 230 g/mol. The van der Waals surface area contributed by atoms with E-state index in [9.17, 15) is 8.78 Å². The summed E-state index contributed by atoms with van der Waals surface area (Å²) in [5.41, 5.74) is 5.38. The third-order valence-electron chi connectivity index (χ3n) is 2.30. The van der Waals surface area contributed by atoms with Crippen LogP contribution in [0.5, 0.6) is 0 Å². The number of halogens is 2. The lowest BCUT2D eigenvalue weighted by Gasteiger charge is -2.23. The van der Waals surface area contributed by atoms with Crippen LogP contribution >= 0.6 is 0 Å². The number of likely N-dealkylation sites (N-methyl/N-ethyl adjacent to an activating group) is 1. The number of rotatable bonds is 5. The average Bonchev–Trinajstić information content (AvgIpc) is 2.21. The summed E-state index contributed by atoms with van der Waals surface area (Å²) >= 11 is 0. The first-order chi connectivity index (χ1) is 7.60. The standard InChI is InChI=1S/C11H16F2N2O/c1-3-15(4-5-16-2)11-9(12)6-8(14)7-10(11)13/h6-7H,3-5,14H2,1-2H3. The molecule has 0 fully saturated rings. The Labute approximate surface area is 93.8 Å². The number of anilines is 2. The van der Waals surface area contributed by atoms with Crippen LogP contribution in [0.1, 0.15) is 6.92 Å². The Bertz CT molecular complexity index is 335. The molecule has 0 saturated heterocycles. The third kappa shape index (κ3) is 2.82. The van der Waals surface area contributed by atoms with E-state index in [1.165, 1.54) is 0 Å². The predicted octanol–water partition coefficient (Wildman–Crippen LogP) is 2.02. The van der Waals surface area contributed by atoms with Crippen molar-refractivity contribution in [2.24, 2.45) is 0 Å². The number of benzene rings is 1. The van der Waals surface area contributed by atoms with Crippen molar-refractivity contribution in [1.29, 1.82) is 0 Å². The van der Waals surface area contributed by atoms with Crippen LogP contribution in [0.4, 0.5) is 20.2 Å². The molecular weight excluding hydrogens is 214 g/mol. The zero-order valence-corrected chi connectivity index (χ0v) is 9.46.